The molecule has 2 fully saturated rings. The molecule has 0 saturated carbocycles. The van der Waals surface area contributed by atoms with Crippen LogP contribution in [-0.2, 0) is 52.6 Å². The molecule has 0 radical (unpaired) electrons. The summed E-state index contributed by atoms with van der Waals surface area (Å²) in [5, 5.41) is 125. The molecule has 5 aromatic rings. The number of halogens is 2. The standard InChI is InChI=1S/C66H77Cl2N9O24/c1-24(2)12-35(73-5)58(89)66(72)57(88)28-8-11-41(34(68)15-28)98-43-17-29-16-42(54(43)101-63-55(53(86)52(85)44(23-78)99-63)100-47-22-65(4,71)56(87)25(3)96-47)97-40-10-7-26(14-33(40)67)38(81)21-46(84)75-51(62(93)94)32-18-30(79)19-39(82)48(32)31-13-27(6-9-37(31)80)49(59(70)90)76-61(92)50(29)77-60(91)36(20-45(69)83)74-64(66)95/h6-11,13-19,24-25,35-36,38,44,47,49-53,55-57,63,73,78-82,85-88H,12,20-23,71-72H2,1-5H3,(H2,69,83)(H2,70,90)(H,74,95)(H,75,84)(H,76,92)(H,77,91)(H,93,94)/t25-,35+,36-,38-,44+,47-,49+,50+,51-,52+,53-,55+,56+,57+,63-,65-,66-/m0/s1. The first-order valence-corrected chi connectivity index (χ1v) is 32.2. The first kappa shape index (κ1) is 76.1. The lowest BCUT2D eigenvalue weighted by Crippen LogP contribution is -2.69. The lowest BCUT2D eigenvalue weighted by Gasteiger charge is -2.47. The number of hydrogen-bond donors (Lipinski definition) is 19. The number of ketones is 1. The number of phenolic OH excluding ortho intramolecular Hbond substituents is 3. The van der Waals surface area contributed by atoms with Crippen molar-refractivity contribution in [1.82, 2.24) is 26.6 Å². The molecule has 6 aliphatic heterocycles. The van der Waals surface area contributed by atoms with Crippen molar-refractivity contribution >= 4 is 70.4 Å². The SMILES string of the molecule is CN[C@H](CC(C)C)C(=O)[C@]1(N)C(=O)N[C@@H](CC(N)=O)C(=O)N[C@H]2C(=O)N[C@@H](C(N)=O)c3ccc(O)c(c3)-c3c(O)cc(O)cc3[C@@H](C(=O)O)NC(=O)C[C@H](O)c3ccc(c(Cl)c3)Oc3cc2cc(c3O[C@@H]2O[C@H](CO)[C@@H](O)[C@H](O)[C@H]2O[C@H]2C[C@](C)(N)[C@H](O)[C@H](C)O2)Oc2ccc(cc2Cl)[C@H]1O. The van der Waals surface area contributed by atoms with Gasteiger partial charge < -0.3 is 129 Å². The Kier molecular flexibility index (Phi) is 23.1. The van der Waals surface area contributed by atoms with Crippen molar-refractivity contribution in [1.29, 1.82) is 0 Å². The maximum atomic E-state index is 15.8. The van der Waals surface area contributed by atoms with Gasteiger partial charge in [-0.3, -0.25) is 33.6 Å². The second-order valence-corrected chi connectivity index (χ2v) is 26.4. The van der Waals surface area contributed by atoms with Crippen LogP contribution in [0, 0.1) is 5.92 Å². The third kappa shape index (κ3) is 16.2. The number of Topliss-reactive ketones (excluding diaryl/α,β-unsaturated/α-hetero) is 1. The predicted octanol–water partition coefficient (Wildman–Crippen LogP) is 0.265. The number of likely N-dealkylation sites (N-methyl/N-ethyl adjacent to an activating group) is 1. The molecule has 0 aliphatic carbocycles. The molecule has 9 bridgehead atoms. The zero-order valence-electron chi connectivity index (χ0n) is 54.5. The molecule has 6 amide bonds. The molecule has 23 N–H and O–H groups in total. The number of aliphatic hydroxyl groups excluding tert-OH is 6. The number of carbonyl (C=O) groups excluding carboxylic acids is 7. The number of aliphatic hydroxyl groups is 6. The minimum Gasteiger partial charge on any atom is -0.508 e. The van der Waals surface area contributed by atoms with Crippen molar-refractivity contribution < 1.29 is 118 Å². The Morgan fingerprint density at radius 1 is 0.743 bits per heavy atom. The van der Waals surface area contributed by atoms with E-state index in [1.807, 2.05) is 0 Å². The summed E-state index contributed by atoms with van der Waals surface area (Å²) in [7, 11) is 1.38. The van der Waals surface area contributed by atoms with Gasteiger partial charge in [-0.1, -0.05) is 55.2 Å². The Labute approximate surface area is 584 Å². The van der Waals surface area contributed by atoms with Gasteiger partial charge in [-0.05, 0) is 110 Å². The van der Waals surface area contributed by atoms with Crippen molar-refractivity contribution in [3.63, 3.8) is 0 Å². The third-order valence-corrected chi connectivity index (χ3v) is 18.2. The van der Waals surface area contributed by atoms with Crippen LogP contribution in [0.5, 0.6) is 46.0 Å². The first-order chi connectivity index (χ1) is 47.4. The summed E-state index contributed by atoms with van der Waals surface area (Å²) >= 11 is 14.0. The summed E-state index contributed by atoms with van der Waals surface area (Å²) in [5.41, 5.74) is 17.6. The quantitative estimate of drug-likeness (QED) is 0.0663. The van der Waals surface area contributed by atoms with Crippen LogP contribution >= 0.6 is 23.2 Å². The number of ether oxygens (including phenoxy) is 6. The molecular weight excluding hydrogens is 1370 g/mol. The molecule has 5 aromatic carbocycles. The first-order valence-electron chi connectivity index (χ1n) is 31.4. The van der Waals surface area contributed by atoms with E-state index in [0.717, 1.165) is 72.8 Å². The molecule has 33 nitrogen and oxygen atoms in total. The number of hydrogen-bond acceptors (Lipinski definition) is 26. The summed E-state index contributed by atoms with van der Waals surface area (Å²) in [6.45, 7) is 5.47. The van der Waals surface area contributed by atoms with Crippen LogP contribution < -0.4 is 63.7 Å². The topological polar surface area (TPSA) is 558 Å². The number of nitrogens with one attached hydrogen (secondary N) is 5. The lowest BCUT2D eigenvalue weighted by atomic mass is 9.79. The van der Waals surface area contributed by atoms with E-state index in [1.54, 1.807) is 13.8 Å². The van der Waals surface area contributed by atoms with Crippen LogP contribution in [0.25, 0.3) is 11.1 Å². The number of aliphatic carboxylic acids is 1. The number of phenols is 3. The van der Waals surface area contributed by atoms with E-state index in [0.29, 0.717) is 0 Å². The number of fused-ring (bicyclic) bond motifs is 16. The molecule has 544 valence electrons. The summed E-state index contributed by atoms with van der Waals surface area (Å²) in [5.74, 6) is -16.8. The van der Waals surface area contributed by atoms with Gasteiger partial charge in [0.25, 0.3) is 5.91 Å². The number of benzene rings is 5. The van der Waals surface area contributed by atoms with E-state index in [9.17, 15) is 75.0 Å². The summed E-state index contributed by atoms with van der Waals surface area (Å²) in [4.78, 5) is 115. The van der Waals surface area contributed by atoms with Crippen LogP contribution in [0.4, 0.5) is 0 Å². The molecular formula is C66H77Cl2N9O24. The highest BCUT2D eigenvalue weighted by molar-refractivity contribution is 6.32. The van der Waals surface area contributed by atoms with Crippen LogP contribution in [0.1, 0.15) is 112 Å². The summed E-state index contributed by atoms with van der Waals surface area (Å²) < 4.78 is 38.2. The van der Waals surface area contributed by atoms with Gasteiger partial charge in [0.05, 0.1) is 53.8 Å². The van der Waals surface area contributed by atoms with E-state index in [2.05, 4.69) is 26.6 Å². The molecule has 101 heavy (non-hydrogen) atoms. The highest BCUT2D eigenvalue weighted by Gasteiger charge is 2.54. The van der Waals surface area contributed by atoms with E-state index in [4.69, 9.17) is 74.6 Å². The smallest absolute Gasteiger partial charge is 0.330 e. The molecule has 6 aliphatic rings. The highest BCUT2D eigenvalue weighted by atomic mass is 35.5. The minimum absolute atomic E-state index is 0.0189. The maximum absolute atomic E-state index is 15.8. The number of carbonyl (C=O) groups is 8. The second-order valence-electron chi connectivity index (χ2n) is 25.6. The van der Waals surface area contributed by atoms with Crippen molar-refractivity contribution in [2.24, 2.45) is 28.9 Å². The molecule has 17 atom stereocenters. The fourth-order valence-electron chi connectivity index (χ4n) is 12.3. The van der Waals surface area contributed by atoms with Crippen LogP contribution in [-0.4, -0.2) is 184 Å². The highest BCUT2D eigenvalue weighted by Crippen LogP contribution is 2.50. The largest absolute Gasteiger partial charge is 0.508 e. The van der Waals surface area contributed by atoms with Gasteiger partial charge in [-0.15, -0.1) is 0 Å². The molecule has 2 saturated heterocycles. The maximum Gasteiger partial charge on any atom is 0.330 e. The monoisotopic (exact) mass is 1450 g/mol. The van der Waals surface area contributed by atoms with Gasteiger partial charge >= 0.3 is 5.97 Å². The van der Waals surface area contributed by atoms with E-state index >= 15 is 14.4 Å². The summed E-state index contributed by atoms with van der Waals surface area (Å²) in [6, 6.07) is 2.94. The van der Waals surface area contributed by atoms with Crippen LogP contribution in [0.3, 0.4) is 0 Å². The average Bonchev–Trinajstić information content (AvgIpc) is 0.773. The number of carboxylic acid groups (broad SMARTS) is 1. The van der Waals surface area contributed by atoms with Crippen molar-refractivity contribution in [2.75, 3.05) is 13.7 Å². The van der Waals surface area contributed by atoms with E-state index < -0.39 is 248 Å². The lowest BCUT2D eigenvalue weighted by molar-refractivity contribution is -0.333. The van der Waals surface area contributed by atoms with Gasteiger partial charge in [-0.25, -0.2) is 4.79 Å². The second kappa shape index (κ2) is 30.7. The Bertz CT molecular complexity index is 4060. The van der Waals surface area contributed by atoms with Crippen molar-refractivity contribution in [3.05, 3.63) is 117 Å². The number of carboxylic acids is 1. The molecule has 6 heterocycles. The van der Waals surface area contributed by atoms with Crippen LogP contribution in [0.2, 0.25) is 10.0 Å². The number of nitrogens with two attached hydrogens (primary N) is 4. The Morgan fingerprint density at radius 3 is 1.94 bits per heavy atom. The van der Waals surface area contributed by atoms with Crippen LogP contribution in [0.15, 0.2) is 78.9 Å². The number of rotatable bonds is 14. The van der Waals surface area contributed by atoms with Crippen molar-refractivity contribution in [2.45, 2.75) is 156 Å². The third-order valence-electron chi connectivity index (χ3n) is 17.6. The van der Waals surface area contributed by atoms with Gasteiger partial charge in [0.15, 0.2) is 41.3 Å². The molecule has 0 aromatic heterocycles. The molecule has 0 unspecified atom stereocenters. The minimum atomic E-state index is -3.10. The van der Waals surface area contributed by atoms with Gasteiger partial charge in [0.2, 0.25) is 41.6 Å². The van der Waals surface area contributed by atoms with Gasteiger partial charge in [0, 0.05) is 34.7 Å². The van der Waals surface area contributed by atoms with E-state index in [-0.39, 0.29) is 35.4 Å². The Hall–Kier alpha value is -9.04. The zero-order valence-corrected chi connectivity index (χ0v) is 56.0. The molecule has 0 spiro atoms. The fourth-order valence-corrected chi connectivity index (χ4v) is 12.7. The number of primary amides is 2. The predicted molar refractivity (Wildman–Crippen MR) is 351 cm³/mol. The summed E-state index contributed by atoms with van der Waals surface area (Å²) in [6.07, 6.45) is -19.8. The number of amides is 6. The van der Waals surface area contributed by atoms with Gasteiger partial charge in [-0.2, -0.15) is 0 Å². The molecule has 35 heteroatoms. The number of aromatic hydroxyl groups is 3. The zero-order chi connectivity index (χ0) is 74.2. The Balaban J connectivity index is 1.34. The van der Waals surface area contributed by atoms with Crippen molar-refractivity contribution in [3.8, 4) is 57.1 Å². The Morgan fingerprint density at radius 2 is 1.37 bits per heavy atom. The average molecular weight is 1450 g/mol. The fraction of sp³-hybridized carbons (Fsp3) is 0.424. The van der Waals surface area contributed by atoms with E-state index in [1.165, 1.54) is 27.0 Å². The van der Waals surface area contributed by atoms with Gasteiger partial charge in [0.1, 0.15) is 71.3 Å². The normalized spacial score (nSPS) is 29.1. The molecule has 11 rings (SSSR count).